The first-order valence-electron chi connectivity index (χ1n) is 8.04. The number of phenols is 1. The molecular weight excluding hydrogens is 286 g/mol. The Labute approximate surface area is 135 Å². The molecule has 0 amide bonds. The minimum absolute atomic E-state index is 0.243. The second-order valence-corrected chi connectivity index (χ2v) is 6.03. The number of nitrogens with zero attached hydrogens (tertiary/aromatic N) is 3. The molecule has 1 atom stereocenters. The summed E-state index contributed by atoms with van der Waals surface area (Å²) in [6.07, 6.45) is 4.17. The van der Waals surface area contributed by atoms with Gasteiger partial charge in [0.05, 0.1) is 17.4 Å². The van der Waals surface area contributed by atoms with Crippen LogP contribution in [0.3, 0.4) is 0 Å². The van der Waals surface area contributed by atoms with Crippen LogP contribution in [0, 0.1) is 0 Å². The fourth-order valence-electron chi connectivity index (χ4n) is 3.39. The van der Waals surface area contributed by atoms with E-state index in [1.165, 1.54) is 6.42 Å². The Bertz CT molecular complexity index is 819. The lowest BCUT2D eigenvalue weighted by Crippen LogP contribution is -2.23. The highest BCUT2D eigenvalue weighted by Crippen LogP contribution is 2.32. The molecule has 1 aromatic carbocycles. The van der Waals surface area contributed by atoms with Crippen molar-refractivity contribution in [2.75, 3.05) is 6.54 Å². The summed E-state index contributed by atoms with van der Waals surface area (Å²) in [7, 11) is 0. The average Bonchev–Trinajstić information content (AvgIpc) is 3.05. The minimum atomic E-state index is 0.243. The smallest absolute Gasteiger partial charge is 0.141 e. The van der Waals surface area contributed by atoms with Gasteiger partial charge in [0.25, 0.3) is 0 Å². The quantitative estimate of drug-likeness (QED) is 0.802. The highest BCUT2D eigenvalue weighted by molar-refractivity contribution is 5.84. The molecule has 0 spiro atoms. The van der Waals surface area contributed by atoms with Crippen molar-refractivity contribution in [1.82, 2.24) is 14.9 Å². The van der Waals surface area contributed by atoms with E-state index in [0.29, 0.717) is 11.6 Å². The Kier molecular flexibility index (Phi) is 3.67. The predicted octanol–water partition coefficient (Wildman–Crippen LogP) is 3.67. The lowest BCUT2D eigenvalue weighted by molar-refractivity contribution is 0.242. The van der Waals surface area contributed by atoms with Crippen molar-refractivity contribution in [3.63, 3.8) is 0 Å². The molecule has 0 radical (unpaired) electrons. The summed E-state index contributed by atoms with van der Waals surface area (Å²) in [6, 6.07) is 16.0. The molecule has 0 unspecified atom stereocenters. The van der Waals surface area contributed by atoms with E-state index in [1.807, 2.05) is 36.5 Å². The molecule has 1 fully saturated rings. The van der Waals surface area contributed by atoms with Gasteiger partial charge >= 0.3 is 0 Å². The third-order valence-corrected chi connectivity index (χ3v) is 4.51. The third kappa shape index (κ3) is 2.78. The maximum Gasteiger partial charge on any atom is 0.141 e. The van der Waals surface area contributed by atoms with Gasteiger partial charge in [0, 0.05) is 18.1 Å². The molecular formula is C19H19N3O. The molecule has 1 aliphatic rings. The highest BCUT2D eigenvalue weighted by Gasteiger charge is 2.27. The number of phenolic OH excluding ortho intramolecular Hbond substituents is 1. The molecule has 2 aromatic heterocycles. The summed E-state index contributed by atoms with van der Waals surface area (Å²) < 4.78 is 0. The molecule has 1 aliphatic heterocycles. The van der Waals surface area contributed by atoms with Crippen LogP contribution in [0.5, 0.6) is 5.75 Å². The first-order valence-corrected chi connectivity index (χ1v) is 8.04. The number of para-hydroxylation sites is 1. The van der Waals surface area contributed by atoms with Gasteiger partial charge in [0.15, 0.2) is 0 Å². The number of fused-ring (bicyclic) bond motifs is 1. The van der Waals surface area contributed by atoms with Gasteiger partial charge in [-0.05, 0) is 43.7 Å². The number of rotatable bonds is 3. The summed E-state index contributed by atoms with van der Waals surface area (Å²) in [6.45, 7) is 1.84. The fourth-order valence-corrected chi connectivity index (χ4v) is 3.39. The van der Waals surface area contributed by atoms with E-state index in [0.717, 1.165) is 36.3 Å². The number of aromatic nitrogens is 2. The first kappa shape index (κ1) is 14.2. The number of hydrogen-bond donors (Lipinski definition) is 1. The van der Waals surface area contributed by atoms with Crippen LogP contribution in [0.4, 0.5) is 0 Å². The SMILES string of the molecule is Oc1cccc2ccc(CN3CCC[C@@H]3c3ccccn3)nc12. The molecule has 4 nitrogen and oxygen atoms in total. The van der Waals surface area contributed by atoms with E-state index < -0.39 is 0 Å². The molecule has 1 N–H and O–H groups in total. The predicted molar refractivity (Wildman–Crippen MR) is 90.0 cm³/mol. The Balaban J connectivity index is 1.61. The fraction of sp³-hybridized carbons (Fsp3) is 0.263. The number of pyridine rings is 2. The molecule has 4 heteroatoms. The van der Waals surface area contributed by atoms with Crippen molar-refractivity contribution in [2.24, 2.45) is 0 Å². The van der Waals surface area contributed by atoms with Crippen LogP contribution in [0.15, 0.2) is 54.7 Å². The average molecular weight is 305 g/mol. The summed E-state index contributed by atoms with van der Waals surface area (Å²) >= 11 is 0. The first-order chi connectivity index (χ1) is 11.3. The van der Waals surface area contributed by atoms with Gasteiger partial charge in [-0.2, -0.15) is 0 Å². The second-order valence-electron chi connectivity index (χ2n) is 6.03. The van der Waals surface area contributed by atoms with E-state index in [2.05, 4.69) is 27.0 Å². The van der Waals surface area contributed by atoms with Crippen molar-refractivity contribution < 1.29 is 5.11 Å². The van der Waals surface area contributed by atoms with Gasteiger partial charge < -0.3 is 5.11 Å². The molecule has 0 aliphatic carbocycles. The van der Waals surface area contributed by atoms with Crippen LogP contribution in [0.2, 0.25) is 0 Å². The maximum atomic E-state index is 10.0. The largest absolute Gasteiger partial charge is 0.506 e. The van der Waals surface area contributed by atoms with Gasteiger partial charge in [-0.15, -0.1) is 0 Å². The van der Waals surface area contributed by atoms with Gasteiger partial charge in [0.2, 0.25) is 0 Å². The van der Waals surface area contributed by atoms with Gasteiger partial charge in [0.1, 0.15) is 11.3 Å². The van der Waals surface area contributed by atoms with Gasteiger partial charge in [-0.25, -0.2) is 4.98 Å². The minimum Gasteiger partial charge on any atom is -0.506 e. The Morgan fingerprint density at radius 1 is 1.09 bits per heavy atom. The Morgan fingerprint density at radius 2 is 2.04 bits per heavy atom. The number of likely N-dealkylation sites (tertiary alicyclic amines) is 1. The van der Waals surface area contributed by atoms with Crippen molar-refractivity contribution in [3.05, 3.63) is 66.1 Å². The van der Waals surface area contributed by atoms with E-state index in [4.69, 9.17) is 0 Å². The van der Waals surface area contributed by atoms with E-state index >= 15 is 0 Å². The van der Waals surface area contributed by atoms with Crippen molar-refractivity contribution in [2.45, 2.75) is 25.4 Å². The van der Waals surface area contributed by atoms with E-state index in [9.17, 15) is 5.11 Å². The zero-order valence-electron chi connectivity index (χ0n) is 12.9. The maximum absolute atomic E-state index is 10.0. The second kappa shape index (κ2) is 5.97. The van der Waals surface area contributed by atoms with Crippen molar-refractivity contribution in [3.8, 4) is 5.75 Å². The Morgan fingerprint density at radius 3 is 2.91 bits per heavy atom. The standard InChI is InChI=1S/C19H19N3O/c23-18-8-3-5-14-9-10-15(21-19(14)18)13-22-12-4-7-17(22)16-6-1-2-11-20-16/h1-3,5-6,8-11,17,23H,4,7,12-13H2/t17-/m1/s1. The van der Waals surface area contributed by atoms with E-state index in [-0.39, 0.29) is 5.75 Å². The molecule has 116 valence electrons. The summed E-state index contributed by atoms with van der Waals surface area (Å²) in [5.74, 6) is 0.243. The third-order valence-electron chi connectivity index (χ3n) is 4.51. The number of benzene rings is 1. The molecule has 3 heterocycles. The van der Waals surface area contributed by atoms with Crippen molar-refractivity contribution in [1.29, 1.82) is 0 Å². The lowest BCUT2D eigenvalue weighted by Gasteiger charge is -2.23. The highest BCUT2D eigenvalue weighted by atomic mass is 16.3. The molecule has 4 rings (SSSR count). The Hall–Kier alpha value is -2.46. The van der Waals surface area contributed by atoms with Gasteiger partial charge in [-0.3, -0.25) is 9.88 Å². The molecule has 1 saturated heterocycles. The van der Waals surface area contributed by atoms with Crippen LogP contribution < -0.4 is 0 Å². The van der Waals surface area contributed by atoms with Gasteiger partial charge in [-0.1, -0.05) is 24.3 Å². The van der Waals surface area contributed by atoms with E-state index in [1.54, 1.807) is 6.07 Å². The molecule has 23 heavy (non-hydrogen) atoms. The lowest BCUT2D eigenvalue weighted by atomic mass is 10.1. The molecule has 3 aromatic rings. The zero-order valence-corrected chi connectivity index (χ0v) is 12.9. The zero-order chi connectivity index (χ0) is 15.6. The summed E-state index contributed by atoms with van der Waals surface area (Å²) in [5, 5.41) is 11.0. The molecule has 0 bridgehead atoms. The molecule has 0 saturated carbocycles. The van der Waals surface area contributed by atoms with Crippen LogP contribution in [-0.4, -0.2) is 26.5 Å². The van der Waals surface area contributed by atoms with Crippen LogP contribution in [0.25, 0.3) is 10.9 Å². The van der Waals surface area contributed by atoms with Crippen molar-refractivity contribution >= 4 is 10.9 Å². The van der Waals surface area contributed by atoms with Crippen LogP contribution >= 0.6 is 0 Å². The monoisotopic (exact) mass is 305 g/mol. The normalized spacial score (nSPS) is 18.5. The summed E-state index contributed by atoms with van der Waals surface area (Å²) in [5.41, 5.74) is 2.80. The number of aromatic hydroxyl groups is 1. The number of hydrogen-bond acceptors (Lipinski definition) is 4. The van der Waals surface area contributed by atoms with Crippen LogP contribution in [0.1, 0.15) is 30.3 Å². The van der Waals surface area contributed by atoms with Crippen LogP contribution in [-0.2, 0) is 6.54 Å². The summed E-state index contributed by atoms with van der Waals surface area (Å²) in [4.78, 5) is 11.6. The topological polar surface area (TPSA) is 49.2 Å².